The van der Waals surface area contributed by atoms with Gasteiger partial charge in [-0.15, -0.1) is 0 Å². The highest BCUT2D eigenvalue weighted by Crippen LogP contribution is 2.76. The van der Waals surface area contributed by atoms with Crippen LogP contribution in [0.3, 0.4) is 0 Å². The highest BCUT2D eigenvalue weighted by atomic mass is 16.6. The molecule has 0 spiro atoms. The van der Waals surface area contributed by atoms with E-state index in [4.69, 9.17) is 10.5 Å². The summed E-state index contributed by atoms with van der Waals surface area (Å²) in [4.78, 5) is 26.4. The molecule has 1 aromatic carbocycles. The van der Waals surface area contributed by atoms with Crippen LogP contribution in [0.1, 0.15) is 78.2 Å². The maximum Gasteiger partial charge on any atom is 0.323 e. The average molecular weight is 566 g/mol. The van der Waals surface area contributed by atoms with Gasteiger partial charge in [-0.3, -0.25) is 9.59 Å². The third-order valence-electron chi connectivity index (χ3n) is 11.0. The first kappa shape index (κ1) is 30.1. The fraction of sp³-hybridized carbons (Fsp3) is 0.647. The maximum atomic E-state index is 13.3. The Morgan fingerprint density at radius 1 is 1.10 bits per heavy atom. The molecule has 41 heavy (non-hydrogen) atoms. The lowest BCUT2D eigenvalue weighted by atomic mass is 9.60. The van der Waals surface area contributed by atoms with Crippen molar-refractivity contribution in [2.24, 2.45) is 34.8 Å². The number of aliphatic hydroxyl groups excluding tert-OH is 1. The molecular weight excluding hydrogens is 518 g/mol. The van der Waals surface area contributed by atoms with Gasteiger partial charge in [-0.1, -0.05) is 82.5 Å². The number of ether oxygens (including phenoxy) is 1. The molecule has 8 atom stereocenters. The molecule has 4 aliphatic rings. The molecule has 4 aliphatic carbocycles. The lowest BCUT2D eigenvalue weighted by Crippen LogP contribution is -2.61. The lowest BCUT2D eigenvalue weighted by molar-refractivity contribution is -0.187. The van der Waals surface area contributed by atoms with Crippen LogP contribution in [0.15, 0.2) is 53.6 Å². The number of esters is 1. The number of nitrogens with two attached hydrogens (primary N) is 1. The summed E-state index contributed by atoms with van der Waals surface area (Å²) in [6, 6.07) is 9.72. The van der Waals surface area contributed by atoms with Crippen LogP contribution in [0.2, 0.25) is 0 Å². The predicted octanol–water partition coefficient (Wildman–Crippen LogP) is 4.03. The van der Waals surface area contributed by atoms with E-state index in [1.54, 1.807) is 13.0 Å². The Hall–Kier alpha value is -2.32. The van der Waals surface area contributed by atoms with E-state index < -0.39 is 51.8 Å². The van der Waals surface area contributed by atoms with Crippen LogP contribution in [0, 0.1) is 29.1 Å². The van der Waals surface area contributed by atoms with E-state index in [1.165, 1.54) is 5.56 Å². The second-order valence-corrected chi connectivity index (χ2v) is 13.8. The van der Waals surface area contributed by atoms with Gasteiger partial charge in [-0.25, -0.2) is 0 Å². The minimum atomic E-state index is -1.80. The SMILES string of the molecule is CC1=C[C@H]2[C@@]3(O)[C@H](C)C[C@]4(OC(=O)C(N)CCCCCCc5ccccc5)[C@H]([C@@H]3C=C(CO)C[C@]2(O)C1=O)C4(C)C. The quantitative estimate of drug-likeness (QED) is 0.191. The summed E-state index contributed by atoms with van der Waals surface area (Å²) in [5.41, 5.74) is 4.14. The number of carbonyl (C=O) groups is 2. The van der Waals surface area contributed by atoms with Gasteiger partial charge >= 0.3 is 5.97 Å². The van der Waals surface area contributed by atoms with E-state index in [9.17, 15) is 24.9 Å². The Balaban J connectivity index is 1.26. The maximum absolute atomic E-state index is 13.3. The third-order valence-corrected chi connectivity index (χ3v) is 11.0. The van der Waals surface area contributed by atoms with Crippen molar-refractivity contribution in [2.45, 2.75) is 102 Å². The zero-order valence-corrected chi connectivity index (χ0v) is 24.9. The Bertz CT molecular complexity index is 1240. The molecule has 0 aromatic heterocycles. The third kappa shape index (κ3) is 4.73. The van der Waals surface area contributed by atoms with Crippen molar-refractivity contribution in [1.29, 1.82) is 0 Å². The number of rotatable bonds is 10. The summed E-state index contributed by atoms with van der Waals surface area (Å²) in [5.74, 6) is -2.75. The molecule has 0 bridgehead atoms. The first-order valence-corrected chi connectivity index (χ1v) is 15.3. The van der Waals surface area contributed by atoms with Crippen molar-refractivity contribution in [3.05, 3.63) is 59.2 Å². The Kier molecular flexibility index (Phi) is 7.90. The van der Waals surface area contributed by atoms with Crippen molar-refractivity contribution >= 4 is 11.8 Å². The summed E-state index contributed by atoms with van der Waals surface area (Å²) in [6.07, 6.45) is 9.59. The number of benzene rings is 1. The van der Waals surface area contributed by atoms with E-state index in [0.717, 1.165) is 32.1 Å². The van der Waals surface area contributed by atoms with Gasteiger partial charge in [0.1, 0.15) is 17.2 Å². The molecule has 0 aliphatic heterocycles. The molecule has 0 radical (unpaired) electrons. The molecular formula is C34H47NO6. The number of aryl methyl sites for hydroxylation is 1. The van der Waals surface area contributed by atoms with Crippen LogP contribution in [0.5, 0.6) is 0 Å². The Morgan fingerprint density at radius 2 is 1.78 bits per heavy atom. The minimum Gasteiger partial charge on any atom is -0.457 e. The van der Waals surface area contributed by atoms with Crippen LogP contribution in [0.25, 0.3) is 0 Å². The number of hydrogen-bond donors (Lipinski definition) is 4. The van der Waals surface area contributed by atoms with E-state index in [1.807, 2.05) is 32.9 Å². The molecule has 0 heterocycles. The molecule has 224 valence electrons. The molecule has 7 heteroatoms. The predicted molar refractivity (Wildman–Crippen MR) is 157 cm³/mol. The van der Waals surface area contributed by atoms with Crippen molar-refractivity contribution < 1.29 is 29.6 Å². The van der Waals surface area contributed by atoms with Crippen molar-refractivity contribution in [2.75, 3.05) is 6.61 Å². The van der Waals surface area contributed by atoms with E-state index >= 15 is 0 Å². The average Bonchev–Trinajstić information content (AvgIpc) is 3.34. The van der Waals surface area contributed by atoms with Gasteiger partial charge in [0.2, 0.25) is 0 Å². The summed E-state index contributed by atoms with van der Waals surface area (Å²) >= 11 is 0. The fourth-order valence-electron chi connectivity index (χ4n) is 8.66. The van der Waals surface area contributed by atoms with Gasteiger partial charge in [0.05, 0.1) is 12.2 Å². The van der Waals surface area contributed by atoms with Crippen LogP contribution in [-0.4, -0.2) is 56.5 Å². The summed E-state index contributed by atoms with van der Waals surface area (Å²) in [6.45, 7) is 7.35. The zero-order chi connectivity index (χ0) is 29.8. The molecule has 7 nitrogen and oxygen atoms in total. The summed E-state index contributed by atoms with van der Waals surface area (Å²) < 4.78 is 6.31. The second-order valence-electron chi connectivity index (χ2n) is 13.8. The van der Waals surface area contributed by atoms with Crippen LogP contribution < -0.4 is 5.73 Å². The van der Waals surface area contributed by atoms with Crippen LogP contribution >= 0.6 is 0 Å². The zero-order valence-electron chi connectivity index (χ0n) is 24.9. The molecule has 0 amide bonds. The van der Waals surface area contributed by atoms with Crippen molar-refractivity contribution in [3.63, 3.8) is 0 Å². The second kappa shape index (κ2) is 10.7. The van der Waals surface area contributed by atoms with Crippen molar-refractivity contribution in [1.82, 2.24) is 0 Å². The molecule has 1 unspecified atom stereocenters. The highest BCUT2D eigenvalue weighted by molar-refractivity contribution is 6.04. The number of fused-ring (bicyclic) bond motifs is 5. The topological polar surface area (TPSA) is 130 Å². The smallest absolute Gasteiger partial charge is 0.323 e. The van der Waals surface area contributed by atoms with E-state index in [2.05, 4.69) is 24.3 Å². The largest absolute Gasteiger partial charge is 0.457 e. The molecule has 1 aromatic rings. The number of unbranched alkanes of at least 4 members (excludes halogenated alkanes) is 3. The van der Waals surface area contributed by atoms with E-state index in [0.29, 0.717) is 24.0 Å². The molecule has 2 fully saturated rings. The summed E-state index contributed by atoms with van der Waals surface area (Å²) in [7, 11) is 0. The van der Waals surface area contributed by atoms with Crippen LogP contribution in [-0.2, 0) is 20.7 Å². The van der Waals surface area contributed by atoms with Gasteiger partial charge in [0, 0.05) is 29.6 Å². The van der Waals surface area contributed by atoms with Gasteiger partial charge in [-0.05, 0) is 55.2 Å². The monoisotopic (exact) mass is 565 g/mol. The van der Waals surface area contributed by atoms with Gasteiger partial charge in [0.25, 0.3) is 0 Å². The minimum absolute atomic E-state index is 0.0253. The Labute approximate surface area is 243 Å². The number of carbonyl (C=O) groups excluding carboxylic acids is 2. The standard InChI is InChI=1S/C34H47NO6/c1-21-16-27-32(39,29(21)37)19-24(20-36)17-25-28-31(3,4)33(28,18-22(2)34(25,27)40)41-30(38)26(35)15-11-6-5-8-12-23-13-9-7-10-14-23/h7,9-10,13-14,16-17,22,25-28,36,39-40H,5-6,8,11-12,15,18-20,35H2,1-4H3/t22-,25+,26?,27-,28-,32-,33+,34-/m1/s1. The summed E-state index contributed by atoms with van der Waals surface area (Å²) in [5, 5.41) is 34.2. The van der Waals surface area contributed by atoms with Crippen LogP contribution in [0.4, 0.5) is 0 Å². The van der Waals surface area contributed by atoms with Gasteiger partial charge < -0.3 is 25.8 Å². The molecule has 2 saturated carbocycles. The van der Waals surface area contributed by atoms with Crippen molar-refractivity contribution in [3.8, 4) is 0 Å². The van der Waals surface area contributed by atoms with Gasteiger partial charge in [-0.2, -0.15) is 0 Å². The lowest BCUT2D eigenvalue weighted by Gasteiger charge is -2.50. The van der Waals surface area contributed by atoms with E-state index in [-0.39, 0.29) is 24.9 Å². The normalized spacial score (nSPS) is 37.6. The highest BCUT2D eigenvalue weighted by Gasteiger charge is 2.83. The number of aliphatic hydroxyl groups is 3. The first-order valence-electron chi connectivity index (χ1n) is 15.3. The molecule has 5 N–H and O–H groups in total. The number of ketones is 1. The fourth-order valence-corrected chi connectivity index (χ4v) is 8.66. The Morgan fingerprint density at radius 3 is 2.46 bits per heavy atom. The number of Topliss-reactive ketones (excluding diaryl/α,β-unsaturated/α-hetero) is 1. The molecule has 5 rings (SSSR count). The number of hydrogen-bond acceptors (Lipinski definition) is 7. The van der Waals surface area contributed by atoms with Gasteiger partial charge in [0.15, 0.2) is 5.78 Å². The first-order chi connectivity index (χ1) is 19.3. The molecule has 0 saturated heterocycles.